The average molecular weight is 237 g/mol. The molecule has 0 saturated heterocycles. The van der Waals surface area contributed by atoms with Crippen LogP contribution >= 0.6 is 27.5 Å². The number of hydrogen-bond donors (Lipinski definition) is 0. The topological polar surface area (TPSA) is 0 Å². The van der Waals surface area contributed by atoms with Gasteiger partial charge in [0, 0.05) is 5.88 Å². The Morgan fingerprint density at radius 3 is 2.73 bits per heavy atom. The molecule has 0 atom stereocenters. The first-order valence-electron chi connectivity index (χ1n) is 3.15. The third-order valence-electron chi connectivity index (χ3n) is 1.52. The Bertz CT molecular complexity index is 273. The second kappa shape index (κ2) is 3.55. The van der Waals surface area contributed by atoms with Gasteiger partial charge >= 0.3 is 0 Å². The monoisotopic (exact) mass is 236 g/mol. The van der Waals surface area contributed by atoms with E-state index >= 15 is 0 Å². The fourth-order valence-corrected chi connectivity index (χ4v) is 1.51. The minimum Gasteiger partial charge on any atom is -0.206 e. The molecule has 0 nitrogen and oxygen atoms in total. The summed E-state index contributed by atoms with van der Waals surface area (Å²) in [6, 6.07) is 3.18. The van der Waals surface area contributed by atoms with Gasteiger partial charge in [0.25, 0.3) is 0 Å². The Hall–Kier alpha value is -0.0800. The lowest BCUT2D eigenvalue weighted by atomic mass is 10.1. The van der Waals surface area contributed by atoms with E-state index in [-0.39, 0.29) is 5.82 Å². The van der Waals surface area contributed by atoms with Gasteiger partial charge in [0.1, 0.15) is 5.82 Å². The molecule has 11 heavy (non-hydrogen) atoms. The van der Waals surface area contributed by atoms with Gasteiger partial charge in [0.2, 0.25) is 0 Å². The maximum Gasteiger partial charge on any atom is 0.137 e. The summed E-state index contributed by atoms with van der Waals surface area (Å²) in [6.45, 7) is 1.84. The van der Waals surface area contributed by atoms with Crippen LogP contribution in [-0.2, 0) is 5.88 Å². The molecule has 0 aromatic heterocycles. The largest absolute Gasteiger partial charge is 0.206 e. The smallest absolute Gasteiger partial charge is 0.137 e. The Labute approximate surface area is 78.5 Å². The van der Waals surface area contributed by atoms with Crippen LogP contribution in [0.4, 0.5) is 4.39 Å². The van der Waals surface area contributed by atoms with Crippen LogP contribution in [0.25, 0.3) is 0 Å². The highest BCUT2D eigenvalue weighted by Crippen LogP contribution is 2.21. The van der Waals surface area contributed by atoms with Crippen LogP contribution in [0.15, 0.2) is 16.6 Å². The summed E-state index contributed by atoms with van der Waals surface area (Å²) in [5.41, 5.74) is 1.85. The van der Waals surface area contributed by atoms with Gasteiger partial charge in [-0.25, -0.2) is 4.39 Å². The van der Waals surface area contributed by atoms with Crippen molar-refractivity contribution in [1.82, 2.24) is 0 Å². The Balaban J connectivity index is 3.21. The molecule has 0 N–H and O–H groups in total. The highest BCUT2D eigenvalue weighted by atomic mass is 79.9. The van der Waals surface area contributed by atoms with Crippen molar-refractivity contribution >= 4 is 27.5 Å². The SMILES string of the molecule is Cc1cc(F)c(Br)cc1CCl. The maximum absolute atomic E-state index is 12.8. The highest BCUT2D eigenvalue weighted by Gasteiger charge is 2.03. The number of aryl methyl sites for hydroxylation is 1. The third kappa shape index (κ3) is 1.94. The van der Waals surface area contributed by atoms with Crippen molar-refractivity contribution < 1.29 is 4.39 Å². The molecule has 0 heterocycles. The predicted molar refractivity (Wildman–Crippen MR) is 48.4 cm³/mol. The molecule has 0 aliphatic carbocycles. The molecule has 0 fully saturated rings. The molecular weight excluding hydrogens is 230 g/mol. The zero-order chi connectivity index (χ0) is 8.43. The summed E-state index contributed by atoms with van der Waals surface area (Å²) in [5.74, 6) is 0.182. The molecule has 1 aromatic carbocycles. The highest BCUT2D eigenvalue weighted by molar-refractivity contribution is 9.10. The summed E-state index contributed by atoms with van der Waals surface area (Å²) in [4.78, 5) is 0. The zero-order valence-electron chi connectivity index (χ0n) is 6.00. The van der Waals surface area contributed by atoms with Crippen molar-refractivity contribution in [2.45, 2.75) is 12.8 Å². The first kappa shape index (κ1) is 9.01. The van der Waals surface area contributed by atoms with E-state index < -0.39 is 0 Å². The summed E-state index contributed by atoms with van der Waals surface area (Å²) >= 11 is 8.70. The van der Waals surface area contributed by atoms with E-state index in [0.29, 0.717) is 10.4 Å². The molecule has 0 aliphatic rings. The fourth-order valence-electron chi connectivity index (χ4n) is 0.831. The van der Waals surface area contributed by atoms with Crippen molar-refractivity contribution in [2.24, 2.45) is 0 Å². The summed E-state index contributed by atoms with van der Waals surface area (Å²) in [6.07, 6.45) is 0. The van der Waals surface area contributed by atoms with E-state index in [1.54, 1.807) is 6.07 Å². The van der Waals surface area contributed by atoms with Crippen LogP contribution in [0, 0.1) is 12.7 Å². The third-order valence-corrected chi connectivity index (χ3v) is 2.42. The molecular formula is C8H7BrClF. The number of hydrogen-bond acceptors (Lipinski definition) is 0. The van der Waals surface area contributed by atoms with Gasteiger partial charge < -0.3 is 0 Å². The molecule has 0 spiro atoms. The van der Waals surface area contributed by atoms with Crippen LogP contribution < -0.4 is 0 Å². The van der Waals surface area contributed by atoms with Gasteiger partial charge in [-0.2, -0.15) is 0 Å². The Morgan fingerprint density at radius 1 is 1.55 bits per heavy atom. The van der Waals surface area contributed by atoms with Crippen molar-refractivity contribution in [3.05, 3.63) is 33.5 Å². The molecule has 1 aromatic rings. The number of rotatable bonds is 1. The average Bonchev–Trinajstić information content (AvgIpc) is 1.97. The van der Waals surface area contributed by atoms with E-state index in [4.69, 9.17) is 11.6 Å². The maximum atomic E-state index is 12.8. The lowest BCUT2D eigenvalue weighted by molar-refractivity contribution is 0.619. The van der Waals surface area contributed by atoms with Crippen molar-refractivity contribution in [3.8, 4) is 0 Å². The molecule has 3 heteroatoms. The van der Waals surface area contributed by atoms with E-state index in [9.17, 15) is 4.39 Å². The van der Waals surface area contributed by atoms with Crippen LogP contribution in [-0.4, -0.2) is 0 Å². The van der Waals surface area contributed by atoms with Gasteiger partial charge in [-0.3, -0.25) is 0 Å². The number of alkyl halides is 1. The predicted octanol–water partition coefficient (Wildman–Crippen LogP) is 3.64. The fraction of sp³-hybridized carbons (Fsp3) is 0.250. The van der Waals surface area contributed by atoms with E-state index in [1.165, 1.54) is 6.07 Å². The molecule has 0 aliphatic heterocycles. The molecule has 0 radical (unpaired) electrons. The number of benzene rings is 1. The van der Waals surface area contributed by atoms with Crippen molar-refractivity contribution in [2.75, 3.05) is 0 Å². The van der Waals surface area contributed by atoms with Crippen LogP contribution in [0.1, 0.15) is 11.1 Å². The van der Waals surface area contributed by atoms with Gasteiger partial charge in [0.05, 0.1) is 4.47 Å². The normalized spacial score (nSPS) is 10.2. The van der Waals surface area contributed by atoms with Crippen molar-refractivity contribution in [1.29, 1.82) is 0 Å². The van der Waals surface area contributed by atoms with E-state index in [2.05, 4.69) is 15.9 Å². The molecule has 0 saturated carbocycles. The van der Waals surface area contributed by atoms with E-state index in [1.807, 2.05) is 6.92 Å². The Kier molecular flexibility index (Phi) is 2.90. The summed E-state index contributed by atoms with van der Waals surface area (Å²) in [5, 5.41) is 0. The van der Waals surface area contributed by atoms with E-state index in [0.717, 1.165) is 11.1 Å². The second-order valence-corrected chi connectivity index (χ2v) is 3.45. The summed E-state index contributed by atoms with van der Waals surface area (Å²) in [7, 11) is 0. The zero-order valence-corrected chi connectivity index (χ0v) is 8.34. The second-order valence-electron chi connectivity index (χ2n) is 2.33. The summed E-state index contributed by atoms with van der Waals surface area (Å²) < 4.78 is 13.3. The molecule has 60 valence electrons. The first-order chi connectivity index (χ1) is 5.15. The molecule has 0 unspecified atom stereocenters. The lowest BCUT2D eigenvalue weighted by Crippen LogP contribution is -1.87. The minimum atomic E-state index is -0.239. The van der Waals surface area contributed by atoms with Crippen molar-refractivity contribution in [3.63, 3.8) is 0 Å². The standard InChI is InChI=1S/C8H7BrClF/c1-5-2-8(11)7(9)3-6(5)4-10/h2-3H,4H2,1H3. The van der Waals surface area contributed by atoms with Gasteiger partial charge in [-0.15, -0.1) is 11.6 Å². The first-order valence-corrected chi connectivity index (χ1v) is 4.48. The van der Waals surface area contributed by atoms with Gasteiger partial charge in [0.15, 0.2) is 0 Å². The van der Waals surface area contributed by atoms with Crippen LogP contribution in [0.2, 0.25) is 0 Å². The minimum absolute atomic E-state index is 0.239. The van der Waals surface area contributed by atoms with Crippen LogP contribution in [0.3, 0.4) is 0 Å². The Morgan fingerprint density at radius 2 is 2.18 bits per heavy atom. The van der Waals surface area contributed by atoms with Gasteiger partial charge in [-0.05, 0) is 46.1 Å². The van der Waals surface area contributed by atoms with Crippen LogP contribution in [0.5, 0.6) is 0 Å². The number of halogens is 3. The quantitative estimate of drug-likeness (QED) is 0.654. The molecule has 0 bridgehead atoms. The molecule has 1 rings (SSSR count). The molecule has 0 amide bonds. The lowest BCUT2D eigenvalue weighted by Gasteiger charge is -2.02. The van der Waals surface area contributed by atoms with Gasteiger partial charge in [-0.1, -0.05) is 0 Å².